The molecule has 1 rings (SSSR count). The van der Waals surface area contributed by atoms with Crippen molar-refractivity contribution in [2.24, 2.45) is 5.92 Å². The summed E-state index contributed by atoms with van der Waals surface area (Å²) in [5, 5.41) is 8.67. The van der Waals surface area contributed by atoms with Gasteiger partial charge in [0.15, 0.2) is 0 Å². The third-order valence-corrected chi connectivity index (χ3v) is 1.96. The van der Waals surface area contributed by atoms with Crippen LogP contribution in [0.5, 0.6) is 0 Å². The standard InChI is InChI=1S/C12H15O2/c1-9(2)7-10-5-3-4-6-11(10)8-12(13)14/h3-6,8-9H,7H2,1-2H3,(H,13,14). The van der Waals surface area contributed by atoms with E-state index in [0.29, 0.717) is 5.92 Å². The molecule has 0 aliphatic heterocycles. The quantitative estimate of drug-likeness (QED) is 0.794. The van der Waals surface area contributed by atoms with Gasteiger partial charge in [-0.1, -0.05) is 38.1 Å². The van der Waals surface area contributed by atoms with E-state index in [4.69, 9.17) is 5.11 Å². The van der Waals surface area contributed by atoms with E-state index in [1.54, 1.807) is 0 Å². The van der Waals surface area contributed by atoms with Gasteiger partial charge in [0.25, 0.3) is 0 Å². The Morgan fingerprint density at radius 3 is 2.64 bits per heavy atom. The first-order valence-corrected chi connectivity index (χ1v) is 4.75. The second kappa shape index (κ2) is 4.80. The van der Waals surface area contributed by atoms with E-state index in [-0.39, 0.29) is 0 Å². The Labute approximate surface area is 84.6 Å². The summed E-state index contributed by atoms with van der Waals surface area (Å²) in [7, 11) is 0. The maximum atomic E-state index is 10.6. The second-order valence-electron chi connectivity index (χ2n) is 3.78. The number of rotatable bonds is 4. The molecule has 0 unspecified atom stereocenters. The van der Waals surface area contributed by atoms with Crippen molar-refractivity contribution < 1.29 is 9.90 Å². The normalized spacial score (nSPS) is 10.5. The average Bonchev–Trinajstić information content (AvgIpc) is 2.06. The SMILES string of the molecule is CC(C)Cc1ccccc1[CH]C(=O)O. The van der Waals surface area contributed by atoms with Gasteiger partial charge in [0.1, 0.15) is 0 Å². The van der Waals surface area contributed by atoms with Crippen molar-refractivity contribution in [1.82, 2.24) is 0 Å². The summed E-state index contributed by atoms with van der Waals surface area (Å²) in [5.74, 6) is -0.348. The van der Waals surface area contributed by atoms with Crippen LogP contribution in [-0.2, 0) is 11.2 Å². The summed E-state index contributed by atoms with van der Waals surface area (Å²) in [5.41, 5.74) is 1.92. The Morgan fingerprint density at radius 2 is 2.07 bits per heavy atom. The molecule has 1 aromatic carbocycles. The van der Waals surface area contributed by atoms with Crippen molar-refractivity contribution in [3.63, 3.8) is 0 Å². The molecule has 0 atom stereocenters. The molecule has 0 saturated carbocycles. The van der Waals surface area contributed by atoms with Crippen LogP contribution < -0.4 is 0 Å². The lowest BCUT2D eigenvalue weighted by molar-refractivity contribution is -0.132. The van der Waals surface area contributed by atoms with Crippen LogP contribution in [0.25, 0.3) is 0 Å². The lowest BCUT2D eigenvalue weighted by atomic mass is 9.96. The van der Waals surface area contributed by atoms with Gasteiger partial charge >= 0.3 is 5.97 Å². The molecule has 14 heavy (non-hydrogen) atoms. The number of hydrogen-bond donors (Lipinski definition) is 1. The monoisotopic (exact) mass is 191 g/mol. The molecular weight excluding hydrogens is 176 g/mol. The highest BCUT2D eigenvalue weighted by Gasteiger charge is 2.07. The molecule has 0 spiro atoms. The Balaban J connectivity index is 2.85. The molecule has 0 aromatic heterocycles. The predicted octanol–water partition coefficient (Wildman–Crippen LogP) is 2.52. The zero-order chi connectivity index (χ0) is 10.6. The van der Waals surface area contributed by atoms with Crippen molar-refractivity contribution >= 4 is 5.97 Å². The van der Waals surface area contributed by atoms with Crippen molar-refractivity contribution in [2.45, 2.75) is 20.3 Å². The van der Waals surface area contributed by atoms with Gasteiger partial charge in [-0.15, -0.1) is 0 Å². The minimum Gasteiger partial charge on any atom is -0.481 e. The van der Waals surface area contributed by atoms with E-state index in [0.717, 1.165) is 17.5 Å². The number of carboxylic acid groups (broad SMARTS) is 1. The summed E-state index contributed by atoms with van der Waals surface area (Å²) in [6, 6.07) is 7.62. The third-order valence-electron chi connectivity index (χ3n) is 1.96. The number of carbonyl (C=O) groups is 1. The van der Waals surface area contributed by atoms with Crippen molar-refractivity contribution in [3.8, 4) is 0 Å². The summed E-state index contributed by atoms with van der Waals surface area (Å²) in [6.07, 6.45) is 2.18. The van der Waals surface area contributed by atoms with Gasteiger partial charge in [0.2, 0.25) is 0 Å². The minimum atomic E-state index is -0.888. The first-order chi connectivity index (χ1) is 6.59. The zero-order valence-corrected chi connectivity index (χ0v) is 8.53. The minimum absolute atomic E-state index is 0.540. The average molecular weight is 191 g/mol. The van der Waals surface area contributed by atoms with E-state index in [1.807, 2.05) is 24.3 Å². The largest absolute Gasteiger partial charge is 0.481 e. The lowest BCUT2D eigenvalue weighted by Crippen LogP contribution is -2.03. The molecule has 1 N–H and O–H groups in total. The predicted molar refractivity (Wildman–Crippen MR) is 56.0 cm³/mol. The summed E-state index contributed by atoms with van der Waals surface area (Å²) in [4.78, 5) is 10.6. The number of aliphatic carboxylic acids is 1. The summed E-state index contributed by atoms with van der Waals surface area (Å²) in [6.45, 7) is 4.25. The Hall–Kier alpha value is -1.31. The fourth-order valence-electron chi connectivity index (χ4n) is 1.43. The van der Waals surface area contributed by atoms with Gasteiger partial charge < -0.3 is 5.11 Å². The van der Waals surface area contributed by atoms with Crippen LogP contribution in [0.3, 0.4) is 0 Å². The van der Waals surface area contributed by atoms with Crippen LogP contribution in [0.1, 0.15) is 25.0 Å². The fraction of sp³-hybridized carbons (Fsp3) is 0.333. The lowest BCUT2D eigenvalue weighted by Gasteiger charge is -2.09. The van der Waals surface area contributed by atoms with E-state index < -0.39 is 5.97 Å². The molecule has 0 aliphatic carbocycles. The molecule has 2 nitrogen and oxygen atoms in total. The van der Waals surface area contributed by atoms with E-state index in [2.05, 4.69) is 13.8 Å². The van der Waals surface area contributed by atoms with E-state index >= 15 is 0 Å². The zero-order valence-electron chi connectivity index (χ0n) is 8.53. The molecule has 0 aliphatic rings. The molecule has 0 saturated heterocycles. The first-order valence-electron chi connectivity index (χ1n) is 4.75. The maximum Gasteiger partial charge on any atom is 0.312 e. The second-order valence-corrected chi connectivity index (χ2v) is 3.78. The van der Waals surface area contributed by atoms with Gasteiger partial charge in [-0.05, 0) is 23.5 Å². The fourth-order valence-corrected chi connectivity index (χ4v) is 1.43. The van der Waals surface area contributed by atoms with Gasteiger partial charge in [-0.25, -0.2) is 0 Å². The Morgan fingerprint density at radius 1 is 1.43 bits per heavy atom. The molecular formula is C12H15O2. The molecule has 0 amide bonds. The van der Waals surface area contributed by atoms with Crippen LogP contribution in [0.2, 0.25) is 0 Å². The molecule has 0 fully saturated rings. The third kappa shape index (κ3) is 3.21. The molecule has 75 valence electrons. The number of hydrogen-bond acceptors (Lipinski definition) is 1. The van der Waals surface area contributed by atoms with E-state index in [1.165, 1.54) is 6.42 Å². The number of benzene rings is 1. The maximum absolute atomic E-state index is 10.6. The van der Waals surface area contributed by atoms with Crippen molar-refractivity contribution in [3.05, 3.63) is 41.8 Å². The van der Waals surface area contributed by atoms with Crippen molar-refractivity contribution in [1.29, 1.82) is 0 Å². The molecule has 1 aromatic rings. The first kappa shape index (κ1) is 10.8. The van der Waals surface area contributed by atoms with E-state index in [9.17, 15) is 4.79 Å². The molecule has 2 heteroatoms. The Kier molecular flexibility index (Phi) is 3.69. The summed E-state index contributed by atoms with van der Waals surface area (Å²) < 4.78 is 0. The highest BCUT2D eigenvalue weighted by Crippen LogP contribution is 2.15. The smallest absolute Gasteiger partial charge is 0.312 e. The van der Waals surface area contributed by atoms with Crippen LogP contribution in [0, 0.1) is 12.3 Å². The summed E-state index contributed by atoms with van der Waals surface area (Å²) >= 11 is 0. The van der Waals surface area contributed by atoms with Crippen LogP contribution in [0.4, 0.5) is 0 Å². The molecule has 0 bridgehead atoms. The van der Waals surface area contributed by atoms with Gasteiger partial charge in [-0.3, -0.25) is 4.79 Å². The highest BCUT2D eigenvalue weighted by atomic mass is 16.4. The van der Waals surface area contributed by atoms with Gasteiger partial charge in [0.05, 0.1) is 6.42 Å². The van der Waals surface area contributed by atoms with Crippen LogP contribution in [-0.4, -0.2) is 11.1 Å². The highest BCUT2D eigenvalue weighted by molar-refractivity contribution is 5.81. The van der Waals surface area contributed by atoms with Gasteiger partial charge in [-0.2, -0.15) is 0 Å². The van der Waals surface area contributed by atoms with Gasteiger partial charge in [0, 0.05) is 0 Å². The van der Waals surface area contributed by atoms with Crippen LogP contribution >= 0.6 is 0 Å². The number of carboxylic acids is 1. The van der Waals surface area contributed by atoms with Crippen molar-refractivity contribution in [2.75, 3.05) is 0 Å². The Bertz CT molecular complexity index is 316. The molecule has 1 radical (unpaired) electrons. The topological polar surface area (TPSA) is 37.3 Å². The molecule has 0 heterocycles. The van der Waals surface area contributed by atoms with Crippen LogP contribution in [0.15, 0.2) is 24.3 Å².